The molecule has 0 unspecified atom stereocenters. The van der Waals surface area contributed by atoms with Gasteiger partial charge in [-0.05, 0) is 25.5 Å². The summed E-state index contributed by atoms with van der Waals surface area (Å²) < 4.78 is 5.54. The van der Waals surface area contributed by atoms with Gasteiger partial charge in [0, 0.05) is 19.3 Å². The number of aryl methyl sites for hydroxylation is 1. The maximum atomic E-state index is 11.8. The summed E-state index contributed by atoms with van der Waals surface area (Å²) in [5.74, 6) is -0.221. The first-order valence-corrected chi connectivity index (χ1v) is 6.14. The molecular weight excluding hydrogens is 254 g/mol. The number of hydrogen-bond acceptors (Lipinski definition) is 4. The van der Waals surface area contributed by atoms with E-state index in [1.165, 1.54) is 0 Å². The summed E-state index contributed by atoms with van der Waals surface area (Å²) in [6.07, 6.45) is 1.60. The molecule has 6 heteroatoms. The molecule has 1 aliphatic rings. The largest absolute Gasteiger partial charge is 0.363 e. The Hall–Kier alpha value is -1.17. The molecule has 0 aliphatic carbocycles. The standard InChI is InChI=1S/C12H16ClN3O2/c1-8-3-4-15-11(13)10(8)16-9(17)5-18-12(2)6-14-7-12/h3-4,14H,5-7H2,1-2H3,(H,16,17). The first-order chi connectivity index (χ1) is 8.50. The molecule has 0 aromatic carbocycles. The molecule has 1 aromatic rings. The number of rotatable bonds is 4. The number of halogens is 1. The first-order valence-electron chi connectivity index (χ1n) is 5.76. The van der Waals surface area contributed by atoms with E-state index in [0.717, 1.165) is 18.7 Å². The Kier molecular flexibility index (Phi) is 3.85. The Balaban J connectivity index is 1.91. The van der Waals surface area contributed by atoms with Crippen LogP contribution in [-0.2, 0) is 9.53 Å². The van der Waals surface area contributed by atoms with E-state index in [0.29, 0.717) is 10.8 Å². The van der Waals surface area contributed by atoms with Crippen LogP contribution in [-0.4, -0.2) is 36.2 Å². The Morgan fingerprint density at radius 2 is 2.39 bits per heavy atom. The summed E-state index contributed by atoms with van der Waals surface area (Å²) in [4.78, 5) is 15.7. The lowest BCUT2D eigenvalue weighted by Crippen LogP contribution is -2.59. The Morgan fingerprint density at radius 1 is 1.67 bits per heavy atom. The zero-order valence-electron chi connectivity index (χ0n) is 10.4. The minimum absolute atomic E-state index is 0.0167. The lowest BCUT2D eigenvalue weighted by molar-refractivity contribution is -0.130. The summed E-state index contributed by atoms with van der Waals surface area (Å²) in [6.45, 7) is 5.39. The van der Waals surface area contributed by atoms with E-state index in [-0.39, 0.29) is 18.1 Å². The molecule has 1 fully saturated rings. The molecule has 0 saturated carbocycles. The molecule has 1 amide bonds. The van der Waals surface area contributed by atoms with Crippen molar-refractivity contribution in [1.82, 2.24) is 10.3 Å². The summed E-state index contributed by atoms with van der Waals surface area (Å²) in [5.41, 5.74) is 1.19. The summed E-state index contributed by atoms with van der Waals surface area (Å²) in [6, 6.07) is 1.79. The zero-order chi connectivity index (χ0) is 13.2. The third-order valence-electron chi connectivity index (χ3n) is 2.93. The highest BCUT2D eigenvalue weighted by atomic mass is 35.5. The average molecular weight is 270 g/mol. The minimum atomic E-state index is -0.231. The minimum Gasteiger partial charge on any atom is -0.363 e. The molecule has 2 rings (SSSR count). The van der Waals surface area contributed by atoms with Gasteiger partial charge < -0.3 is 15.4 Å². The number of aromatic nitrogens is 1. The van der Waals surface area contributed by atoms with Gasteiger partial charge in [0.1, 0.15) is 6.61 Å². The number of amides is 1. The van der Waals surface area contributed by atoms with E-state index in [9.17, 15) is 4.79 Å². The summed E-state index contributed by atoms with van der Waals surface area (Å²) >= 11 is 5.93. The molecule has 1 aromatic heterocycles. The molecule has 2 N–H and O–H groups in total. The highest BCUT2D eigenvalue weighted by Crippen LogP contribution is 2.22. The lowest BCUT2D eigenvalue weighted by atomic mass is 10.0. The van der Waals surface area contributed by atoms with Gasteiger partial charge in [0.2, 0.25) is 5.91 Å². The van der Waals surface area contributed by atoms with Gasteiger partial charge in [-0.2, -0.15) is 0 Å². The zero-order valence-corrected chi connectivity index (χ0v) is 11.2. The van der Waals surface area contributed by atoms with Crippen LogP contribution in [0.5, 0.6) is 0 Å². The van der Waals surface area contributed by atoms with Crippen molar-refractivity contribution in [3.05, 3.63) is 23.0 Å². The predicted octanol–water partition coefficient (Wildman–Crippen LogP) is 1.36. The van der Waals surface area contributed by atoms with E-state index < -0.39 is 0 Å². The van der Waals surface area contributed by atoms with Crippen LogP contribution < -0.4 is 10.6 Å². The number of nitrogens with one attached hydrogen (secondary N) is 2. The Bertz CT molecular complexity index is 440. The van der Waals surface area contributed by atoms with Crippen molar-refractivity contribution in [3.8, 4) is 0 Å². The molecule has 0 radical (unpaired) electrons. The van der Waals surface area contributed by atoms with Crippen molar-refractivity contribution in [2.45, 2.75) is 19.4 Å². The number of hydrogen-bond donors (Lipinski definition) is 2. The van der Waals surface area contributed by atoms with Crippen LogP contribution >= 0.6 is 11.6 Å². The van der Waals surface area contributed by atoms with Crippen LogP contribution in [0, 0.1) is 6.92 Å². The van der Waals surface area contributed by atoms with Gasteiger partial charge in [-0.1, -0.05) is 11.6 Å². The number of nitrogens with zero attached hydrogens (tertiary/aromatic N) is 1. The van der Waals surface area contributed by atoms with Crippen molar-refractivity contribution in [2.24, 2.45) is 0 Å². The summed E-state index contributed by atoms with van der Waals surface area (Å²) in [5, 5.41) is 6.12. The first kappa shape index (κ1) is 13.3. The van der Waals surface area contributed by atoms with Crippen molar-refractivity contribution < 1.29 is 9.53 Å². The number of carbonyl (C=O) groups is 1. The molecule has 0 atom stereocenters. The van der Waals surface area contributed by atoms with Crippen LogP contribution in [0.1, 0.15) is 12.5 Å². The van der Waals surface area contributed by atoms with Crippen LogP contribution in [0.25, 0.3) is 0 Å². The molecular formula is C12H16ClN3O2. The van der Waals surface area contributed by atoms with Crippen LogP contribution in [0.2, 0.25) is 5.15 Å². The molecule has 1 saturated heterocycles. The van der Waals surface area contributed by atoms with Gasteiger partial charge in [0.05, 0.1) is 11.3 Å². The maximum Gasteiger partial charge on any atom is 0.250 e. The molecule has 0 bridgehead atoms. The van der Waals surface area contributed by atoms with E-state index in [1.807, 2.05) is 13.8 Å². The van der Waals surface area contributed by atoms with Crippen molar-refractivity contribution in [3.63, 3.8) is 0 Å². The van der Waals surface area contributed by atoms with Crippen LogP contribution in [0.4, 0.5) is 5.69 Å². The smallest absolute Gasteiger partial charge is 0.250 e. The average Bonchev–Trinajstić information content (AvgIpc) is 2.29. The predicted molar refractivity (Wildman–Crippen MR) is 69.8 cm³/mol. The van der Waals surface area contributed by atoms with Gasteiger partial charge in [-0.25, -0.2) is 4.98 Å². The number of carbonyl (C=O) groups excluding carboxylic acids is 1. The number of anilines is 1. The number of pyridine rings is 1. The van der Waals surface area contributed by atoms with Crippen molar-refractivity contribution >= 4 is 23.2 Å². The van der Waals surface area contributed by atoms with Gasteiger partial charge in [0.25, 0.3) is 0 Å². The topological polar surface area (TPSA) is 63.2 Å². The third kappa shape index (κ3) is 2.98. The fourth-order valence-corrected chi connectivity index (χ4v) is 1.92. The van der Waals surface area contributed by atoms with Gasteiger partial charge in [-0.15, -0.1) is 0 Å². The van der Waals surface area contributed by atoms with Gasteiger partial charge in [0.15, 0.2) is 5.15 Å². The summed E-state index contributed by atoms with van der Waals surface area (Å²) in [7, 11) is 0. The fraction of sp³-hybridized carbons (Fsp3) is 0.500. The van der Waals surface area contributed by atoms with Crippen LogP contribution in [0.15, 0.2) is 12.3 Å². The van der Waals surface area contributed by atoms with Gasteiger partial charge in [-0.3, -0.25) is 4.79 Å². The second-order valence-electron chi connectivity index (χ2n) is 4.68. The van der Waals surface area contributed by atoms with E-state index in [1.54, 1.807) is 12.3 Å². The Labute approximate surface area is 111 Å². The second-order valence-corrected chi connectivity index (χ2v) is 5.04. The molecule has 2 heterocycles. The molecule has 1 aliphatic heterocycles. The third-order valence-corrected chi connectivity index (χ3v) is 3.21. The maximum absolute atomic E-state index is 11.8. The molecule has 0 spiro atoms. The lowest BCUT2D eigenvalue weighted by Gasteiger charge is -2.38. The van der Waals surface area contributed by atoms with E-state index in [2.05, 4.69) is 15.6 Å². The highest BCUT2D eigenvalue weighted by Gasteiger charge is 2.33. The highest BCUT2D eigenvalue weighted by molar-refractivity contribution is 6.32. The fourth-order valence-electron chi connectivity index (χ4n) is 1.67. The van der Waals surface area contributed by atoms with Gasteiger partial charge >= 0.3 is 0 Å². The normalized spacial score (nSPS) is 17.1. The van der Waals surface area contributed by atoms with E-state index >= 15 is 0 Å². The van der Waals surface area contributed by atoms with E-state index in [4.69, 9.17) is 16.3 Å². The molecule has 18 heavy (non-hydrogen) atoms. The molecule has 98 valence electrons. The van der Waals surface area contributed by atoms with Crippen molar-refractivity contribution in [1.29, 1.82) is 0 Å². The SMILES string of the molecule is Cc1ccnc(Cl)c1NC(=O)COC1(C)CNC1. The van der Waals surface area contributed by atoms with Crippen LogP contribution in [0.3, 0.4) is 0 Å². The molecule has 5 nitrogen and oxygen atoms in total. The quantitative estimate of drug-likeness (QED) is 0.810. The Morgan fingerprint density at radius 3 is 2.94 bits per heavy atom. The second kappa shape index (κ2) is 5.22. The van der Waals surface area contributed by atoms with Crippen molar-refractivity contribution in [2.75, 3.05) is 25.0 Å². The number of ether oxygens (including phenoxy) is 1. The monoisotopic (exact) mass is 269 g/mol.